The zero-order valence-corrected chi connectivity index (χ0v) is 15.8. The highest BCUT2D eigenvalue weighted by atomic mass is 16.5. The first-order chi connectivity index (χ1) is 12.0. The molecule has 6 nitrogen and oxygen atoms in total. The molecule has 1 saturated heterocycles. The number of nitrogens with zero attached hydrogens (tertiary/aromatic N) is 2. The molecule has 0 aliphatic carbocycles. The van der Waals surface area contributed by atoms with E-state index in [9.17, 15) is 4.79 Å². The van der Waals surface area contributed by atoms with E-state index >= 15 is 0 Å². The number of amides is 1. The summed E-state index contributed by atoms with van der Waals surface area (Å²) >= 11 is 0. The van der Waals surface area contributed by atoms with Crippen molar-refractivity contribution in [3.8, 4) is 0 Å². The third-order valence-electron chi connectivity index (χ3n) is 4.22. The van der Waals surface area contributed by atoms with Crippen molar-refractivity contribution in [1.29, 1.82) is 0 Å². The maximum Gasteiger partial charge on any atom is 0.241 e. The largest absolute Gasteiger partial charge is 0.370 e. The highest BCUT2D eigenvalue weighted by Gasteiger charge is 2.25. The van der Waals surface area contributed by atoms with E-state index in [0.29, 0.717) is 13.2 Å². The minimum Gasteiger partial charge on any atom is -0.370 e. The second-order valence-electron chi connectivity index (χ2n) is 6.29. The number of nitrogens with one attached hydrogen (secondary N) is 2. The van der Waals surface area contributed by atoms with Crippen LogP contribution in [-0.2, 0) is 9.53 Å². The van der Waals surface area contributed by atoms with Gasteiger partial charge in [-0.2, -0.15) is 0 Å². The van der Waals surface area contributed by atoms with Gasteiger partial charge in [-0.15, -0.1) is 0 Å². The van der Waals surface area contributed by atoms with E-state index in [0.717, 1.165) is 25.6 Å². The van der Waals surface area contributed by atoms with E-state index in [4.69, 9.17) is 4.74 Å². The molecule has 138 valence electrons. The normalized spacial score (nSPS) is 18.2. The number of likely N-dealkylation sites (N-methyl/N-ethyl adjacent to an activating group) is 1. The highest BCUT2D eigenvalue weighted by molar-refractivity contribution is 5.85. The summed E-state index contributed by atoms with van der Waals surface area (Å²) in [5.74, 6) is 0.712. The van der Waals surface area contributed by atoms with Crippen LogP contribution < -0.4 is 10.6 Å². The fraction of sp³-hybridized carbons (Fsp3) is 0.579. The van der Waals surface area contributed by atoms with E-state index in [-0.39, 0.29) is 18.6 Å². The Bertz CT molecular complexity index is 615. The lowest BCUT2D eigenvalue weighted by atomic mass is 10.00. The molecule has 1 aromatic carbocycles. The van der Waals surface area contributed by atoms with Gasteiger partial charge in [-0.3, -0.25) is 4.79 Å². The van der Waals surface area contributed by atoms with Gasteiger partial charge in [-0.1, -0.05) is 23.8 Å². The van der Waals surface area contributed by atoms with Crippen LogP contribution in [0.1, 0.15) is 36.6 Å². The third kappa shape index (κ3) is 5.46. The Balaban J connectivity index is 2.10. The minimum atomic E-state index is -0.0582. The first kappa shape index (κ1) is 19.2. The molecule has 2 rings (SSSR count). The maximum absolute atomic E-state index is 11.7. The number of carbonyl (C=O) groups excluding carboxylic acids is 1. The Morgan fingerprint density at radius 2 is 2.04 bits per heavy atom. The molecule has 0 saturated carbocycles. The number of rotatable bonds is 5. The van der Waals surface area contributed by atoms with Crippen molar-refractivity contribution in [2.45, 2.75) is 33.8 Å². The van der Waals surface area contributed by atoms with E-state index in [1.807, 2.05) is 13.8 Å². The fourth-order valence-electron chi connectivity index (χ4n) is 3.04. The quantitative estimate of drug-likeness (QED) is 0.630. The Hall–Kier alpha value is -2.08. The maximum atomic E-state index is 11.7. The van der Waals surface area contributed by atoms with Gasteiger partial charge in [0.1, 0.15) is 12.6 Å². The van der Waals surface area contributed by atoms with E-state index in [1.165, 1.54) is 16.7 Å². The molecule has 1 heterocycles. The summed E-state index contributed by atoms with van der Waals surface area (Å²) < 4.78 is 6.00. The molecular formula is C19H30N4O2. The SMILES string of the molecule is CCNC(=O)CN=C(NCC)N1CCOC(c2ccc(C)cc2C)C1. The van der Waals surface area contributed by atoms with Gasteiger partial charge in [0.15, 0.2) is 5.96 Å². The molecular weight excluding hydrogens is 316 g/mol. The lowest BCUT2D eigenvalue weighted by Gasteiger charge is -2.35. The predicted octanol–water partition coefficient (Wildman–Crippen LogP) is 1.78. The Labute approximate surface area is 150 Å². The zero-order valence-electron chi connectivity index (χ0n) is 15.8. The molecule has 0 spiro atoms. The van der Waals surface area contributed by atoms with Crippen LogP contribution in [-0.4, -0.2) is 56.1 Å². The van der Waals surface area contributed by atoms with E-state index in [1.54, 1.807) is 0 Å². The summed E-state index contributed by atoms with van der Waals surface area (Å²) in [5.41, 5.74) is 3.72. The Morgan fingerprint density at radius 1 is 1.28 bits per heavy atom. The topological polar surface area (TPSA) is 66.0 Å². The summed E-state index contributed by atoms with van der Waals surface area (Å²) in [6.07, 6.45) is 0.0164. The van der Waals surface area contributed by atoms with Gasteiger partial charge >= 0.3 is 0 Å². The second kappa shape index (κ2) is 9.42. The molecule has 1 fully saturated rings. The van der Waals surface area contributed by atoms with Crippen molar-refractivity contribution in [3.05, 3.63) is 34.9 Å². The summed E-state index contributed by atoms with van der Waals surface area (Å²) in [6, 6.07) is 6.46. The average Bonchev–Trinajstić information content (AvgIpc) is 2.59. The van der Waals surface area contributed by atoms with Crippen LogP contribution in [0.2, 0.25) is 0 Å². The van der Waals surface area contributed by atoms with Crippen molar-refractivity contribution in [2.75, 3.05) is 39.3 Å². The number of aryl methyl sites for hydroxylation is 2. The van der Waals surface area contributed by atoms with Gasteiger partial charge in [0.2, 0.25) is 5.91 Å². The van der Waals surface area contributed by atoms with Crippen LogP contribution >= 0.6 is 0 Å². The first-order valence-electron chi connectivity index (χ1n) is 9.03. The lowest BCUT2D eigenvalue weighted by molar-refractivity contribution is -0.119. The zero-order chi connectivity index (χ0) is 18.2. The molecule has 25 heavy (non-hydrogen) atoms. The van der Waals surface area contributed by atoms with Crippen LogP contribution in [0, 0.1) is 13.8 Å². The van der Waals surface area contributed by atoms with E-state index < -0.39 is 0 Å². The van der Waals surface area contributed by atoms with Crippen LogP contribution in [0.4, 0.5) is 0 Å². The number of hydrogen-bond donors (Lipinski definition) is 2. The van der Waals surface area contributed by atoms with Gasteiger partial charge in [0, 0.05) is 19.6 Å². The molecule has 1 atom stereocenters. The molecule has 1 unspecified atom stereocenters. The molecule has 0 aromatic heterocycles. The molecule has 0 radical (unpaired) electrons. The van der Waals surface area contributed by atoms with Gasteiger partial charge < -0.3 is 20.3 Å². The minimum absolute atomic E-state index is 0.0164. The number of ether oxygens (including phenoxy) is 1. The van der Waals surface area contributed by atoms with Gasteiger partial charge in [0.25, 0.3) is 0 Å². The molecule has 1 aliphatic heterocycles. The number of aliphatic imine (C=N–C) groups is 1. The van der Waals surface area contributed by atoms with Crippen molar-refractivity contribution >= 4 is 11.9 Å². The second-order valence-corrected chi connectivity index (χ2v) is 6.29. The molecule has 1 amide bonds. The predicted molar refractivity (Wildman–Crippen MR) is 101 cm³/mol. The summed E-state index contributed by atoms with van der Waals surface area (Å²) in [7, 11) is 0. The standard InChI is InChI=1S/C19H30N4O2/c1-5-20-18(24)12-22-19(21-6-2)23-9-10-25-17(13-23)16-8-7-14(3)11-15(16)4/h7-8,11,17H,5-6,9-10,12-13H2,1-4H3,(H,20,24)(H,21,22). The molecule has 2 N–H and O–H groups in total. The van der Waals surface area contributed by atoms with Crippen LogP contribution in [0.25, 0.3) is 0 Å². The summed E-state index contributed by atoms with van der Waals surface area (Å²) in [5, 5.41) is 6.06. The number of guanidine groups is 1. The fourth-order valence-corrected chi connectivity index (χ4v) is 3.04. The number of morpholine rings is 1. The molecule has 0 bridgehead atoms. The number of hydrogen-bond acceptors (Lipinski definition) is 3. The Kier molecular flexibility index (Phi) is 7.25. The smallest absolute Gasteiger partial charge is 0.241 e. The van der Waals surface area contributed by atoms with Gasteiger partial charge in [0.05, 0.1) is 13.2 Å². The summed E-state index contributed by atoms with van der Waals surface area (Å²) in [4.78, 5) is 18.4. The highest BCUT2D eigenvalue weighted by Crippen LogP contribution is 2.25. The van der Waals surface area contributed by atoms with Crippen LogP contribution in [0.3, 0.4) is 0 Å². The molecule has 1 aromatic rings. The average molecular weight is 346 g/mol. The van der Waals surface area contributed by atoms with Crippen LogP contribution in [0.5, 0.6) is 0 Å². The van der Waals surface area contributed by atoms with Gasteiger partial charge in [-0.05, 0) is 38.8 Å². The van der Waals surface area contributed by atoms with Crippen molar-refractivity contribution in [2.24, 2.45) is 4.99 Å². The van der Waals surface area contributed by atoms with Crippen molar-refractivity contribution in [1.82, 2.24) is 15.5 Å². The Morgan fingerprint density at radius 3 is 2.72 bits per heavy atom. The van der Waals surface area contributed by atoms with Crippen molar-refractivity contribution < 1.29 is 9.53 Å². The van der Waals surface area contributed by atoms with Crippen molar-refractivity contribution in [3.63, 3.8) is 0 Å². The van der Waals surface area contributed by atoms with E-state index in [2.05, 4.69) is 52.6 Å². The number of carbonyl (C=O) groups is 1. The lowest BCUT2D eigenvalue weighted by Crippen LogP contribution is -2.48. The van der Waals surface area contributed by atoms with Crippen LogP contribution in [0.15, 0.2) is 23.2 Å². The molecule has 6 heteroatoms. The summed E-state index contributed by atoms with van der Waals surface area (Å²) in [6.45, 7) is 11.8. The monoisotopic (exact) mass is 346 g/mol. The third-order valence-corrected chi connectivity index (χ3v) is 4.22. The van der Waals surface area contributed by atoms with Gasteiger partial charge in [-0.25, -0.2) is 4.99 Å². The number of benzene rings is 1. The molecule has 1 aliphatic rings. The first-order valence-corrected chi connectivity index (χ1v) is 9.03.